The van der Waals surface area contributed by atoms with Crippen LogP contribution in [0.3, 0.4) is 0 Å². The van der Waals surface area contributed by atoms with Gasteiger partial charge in [0, 0.05) is 67.7 Å². The highest BCUT2D eigenvalue weighted by atomic mass is 19.1. The van der Waals surface area contributed by atoms with Gasteiger partial charge >= 0.3 is 0 Å². The molecule has 0 spiro atoms. The Morgan fingerprint density at radius 1 is 1.05 bits per heavy atom. The summed E-state index contributed by atoms with van der Waals surface area (Å²) in [5.41, 5.74) is 3.15. The second kappa shape index (κ2) is 9.15. The monoisotopic (exact) mass is 502 g/mol. The van der Waals surface area contributed by atoms with E-state index in [2.05, 4.69) is 40.0 Å². The molecule has 6 rings (SSSR count). The van der Waals surface area contributed by atoms with Crippen LogP contribution in [0.2, 0.25) is 0 Å². The highest BCUT2D eigenvalue weighted by Gasteiger charge is 2.44. The number of aromatic nitrogens is 3. The van der Waals surface area contributed by atoms with Crippen molar-refractivity contribution in [1.29, 1.82) is 0 Å². The Hall–Kier alpha value is -3.42. The third kappa shape index (κ3) is 4.26. The molecule has 0 radical (unpaired) electrons. The van der Waals surface area contributed by atoms with Crippen LogP contribution in [0.25, 0.3) is 0 Å². The van der Waals surface area contributed by atoms with Gasteiger partial charge in [-0.05, 0) is 60.9 Å². The second-order valence-corrected chi connectivity index (χ2v) is 11.3. The van der Waals surface area contributed by atoms with Crippen LogP contribution in [0, 0.1) is 23.6 Å². The smallest absolute Gasteiger partial charge is 0.214 e. The first-order valence-electron chi connectivity index (χ1n) is 13.2. The Morgan fingerprint density at radius 3 is 2.46 bits per heavy atom. The second-order valence-electron chi connectivity index (χ2n) is 11.3. The minimum absolute atomic E-state index is 0.128. The van der Waals surface area contributed by atoms with Crippen molar-refractivity contribution in [2.75, 3.05) is 48.9 Å². The van der Waals surface area contributed by atoms with Gasteiger partial charge < -0.3 is 19.9 Å². The minimum Gasteiger partial charge on any atom is -0.481 e. The summed E-state index contributed by atoms with van der Waals surface area (Å²) in [6.07, 6.45) is 5.19. The van der Waals surface area contributed by atoms with Crippen molar-refractivity contribution in [2.24, 2.45) is 17.8 Å². The number of pyridine rings is 1. The summed E-state index contributed by atoms with van der Waals surface area (Å²) in [6, 6.07) is 10.8. The largest absolute Gasteiger partial charge is 0.481 e. The van der Waals surface area contributed by atoms with Gasteiger partial charge in [-0.25, -0.2) is 19.3 Å². The maximum atomic E-state index is 13.7. The number of fused-ring (bicyclic) bond motifs is 3. The van der Waals surface area contributed by atoms with E-state index in [9.17, 15) is 4.39 Å². The van der Waals surface area contributed by atoms with Crippen LogP contribution < -0.4 is 19.9 Å². The molecule has 1 aliphatic carbocycles. The van der Waals surface area contributed by atoms with Crippen LogP contribution in [0.4, 0.5) is 27.4 Å². The average Bonchev–Trinajstić information content (AvgIpc) is 3.29. The molecule has 2 unspecified atom stereocenters. The molecule has 3 aliphatic rings. The number of ether oxygens (including phenoxy) is 1. The number of piperidine rings is 1. The third-order valence-electron chi connectivity index (χ3n) is 8.54. The van der Waals surface area contributed by atoms with Crippen molar-refractivity contribution in [2.45, 2.75) is 38.5 Å². The molecule has 37 heavy (non-hydrogen) atoms. The lowest BCUT2D eigenvalue weighted by atomic mass is 9.82. The van der Waals surface area contributed by atoms with Crippen molar-refractivity contribution in [3.63, 3.8) is 0 Å². The van der Waals surface area contributed by atoms with Gasteiger partial charge in [0.05, 0.1) is 7.11 Å². The standard InChI is InChI=1S/C29H35FN6O/c1-29(2)17-36(21-9-7-20(30)8-10-21)28-26(29)27(31-3)33-24(34-28)14-23-18-5-6-19(23)16-35(15-18)22-11-12-32-25(13-22)37-4/h7-13,18-19,23H,5-6,14-17H2,1-4H3,(H,31,33,34). The van der Waals surface area contributed by atoms with Crippen molar-refractivity contribution in [3.8, 4) is 5.88 Å². The number of hydrogen-bond acceptors (Lipinski definition) is 7. The Balaban J connectivity index is 1.28. The quantitative estimate of drug-likeness (QED) is 0.497. The van der Waals surface area contributed by atoms with Gasteiger partial charge in [0.15, 0.2) is 0 Å². The van der Waals surface area contributed by atoms with Crippen molar-refractivity contribution < 1.29 is 9.13 Å². The van der Waals surface area contributed by atoms with Gasteiger partial charge in [0.2, 0.25) is 5.88 Å². The molecule has 1 aromatic carbocycles. The van der Waals surface area contributed by atoms with Gasteiger partial charge in [-0.3, -0.25) is 0 Å². The Kier molecular flexibility index (Phi) is 5.92. The lowest BCUT2D eigenvalue weighted by molar-refractivity contribution is 0.265. The molecule has 1 N–H and O–H groups in total. The van der Waals surface area contributed by atoms with E-state index in [4.69, 9.17) is 14.7 Å². The van der Waals surface area contributed by atoms with Gasteiger partial charge in [-0.2, -0.15) is 0 Å². The molecule has 2 atom stereocenters. The molecule has 2 aliphatic heterocycles. The summed E-state index contributed by atoms with van der Waals surface area (Å²) >= 11 is 0. The van der Waals surface area contributed by atoms with Crippen molar-refractivity contribution >= 4 is 23.0 Å². The fraction of sp³-hybridized carbons (Fsp3) is 0.483. The molecule has 8 heteroatoms. The summed E-state index contributed by atoms with van der Waals surface area (Å²) in [7, 11) is 3.60. The van der Waals surface area contributed by atoms with Crippen LogP contribution >= 0.6 is 0 Å². The highest BCUT2D eigenvalue weighted by Crippen LogP contribution is 2.48. The first-order valence-corrected chi connectivity index (χ1v) is 13.2. The first-order chi connectivity index (χ1) is 17.9. The maximum Gasteiger partial charge on any atom is 0.214 e. The molecule has 0 amide bonds. The van der Waals surface area contributed by atoms with Crippen LogP contribution in [-0.2, 0) is 11.8 Å². The summed E-state index contributed by atoms with van der Waals surface area (Å²) in [5.74, 6) is 4.96. The number of halogens is 1. The van der Waals surface area contributed by atoms with Gasteiger partial charge in [-0.15, -0.1) is 0 Å². The predicted octanol–water partition coefficient (Wildman–Crippen LogP) is 5.20. The lowest BCUT2D eigenvalue weighted by Crippen LogP contribution is -2.43. The maximum absolute atomic E-state index is 13.7. The predicted molar refractivity (Wildman–Crippen MR) is 144 cm³/mol. The van der Waals surface area contributed by atoms with Gasteiger partial charge in [0.1, 0.15) is 23.3 Å². The van der Waals surface area contributed by atoms with Gasteiger partial charge in [-0.1, -0.05) is 13.8 Å². The van der Waals surface area contributed by atoms with Crippen molar-refractivity contribution in [1.82, 2.24) is 15.0 Å². The summed E-state index contributed by atoms with van der Waals surface area (Å²) in [5, 5.41) is 3.36. The first kappa shape index (κ1) is 23.9. The summed E-state index contributed by atoms with van der Waals surface area (Å²) in [6.45, 7) is 7.30. The van der Waals surface area contributed by atoms with E-state index in [0.29, 0.717) is 23.6 Å². The third-order valence-corrected chi connectivity index (χ3v) is 8.54. The number of hydrogen-bond donors (Lipinski definition) is 1. The summed E-state index contributed by atoms with van der Waals surface area (Å²) < 4.78 is 19.0. The molecule has 2 aromatic heterocycles. The van der Waals surface area contributed by atoms with E-state index in [1.165, 1.54) is 30.7 Å². The number of nitrogens with one attached hydrogen (secondary N) is 1. The lowest BCUT2D eigenvalue weighted by Gasteiger charge is -2.39. The Labute approximate surface area is 218 Å². The highest BCUT2D eigenvalue weighted by molar-refractivity contribution is 5.74. The fourth-order valence-electron chi connectivity index (χ4n) is 6.77. The zero-order valence-corrected chi connectivity index (χ0v) is 22.0. The topological polar surface area (TPSA) is 66.4 Å². The normalized spacial score (nSPS) is 23.8. The van der Waals surface area contributed by atoms with Crippen LogP contribution in [0.15, 0.2) is 42.6 Å². The zero-order valence-electron chi connectivity index (χ0n) is 22.0. The molecule has 3 aromatic rings. The minimum atomic E-state index is -0.228. The molecule has 4 heterocycles. The molecule has 2 bridgehead atoms. The molecule has 2 fully saturated rings. The summed E-state index contributed by atoms with van der Waals surface area (Å²) in [4.78, 5) is 19.2. The van der Waals surface area contributed by atoms with Crippen LogP contribution in [0.1, 0.15) is 38.1 Å². The molecule has 1 saturated carbocycles. The van der Waals surface area contributed by atoms with E-state index in [-0.39, 0.29) is 11.2 Å². The molecule has 7 nitrogen and oxygen atoms in total. The number of rotatable bonds is 6. The van der Waals surface area contributed by atoms with Crippen LogP contribution in [-0.4, -0.2) is 48.7 Å². The Bertz CT molecular complexity index is 1280. The van der Waals surface area contributed by atoms with Gasteiger partial charge in [0.25, 0.3) is 0 Å². The molecule has 194 valence electrons. The average molecular weight is 503 g/mol. The number of anilines is 4. The van der Waals surface area contributed by atoms with E-state index in [1.54, 1.807) is 7.11 Å². The molecule has 1 saturated heterocycles. The molecular formula is C29H35FN6O. The van der Waals surface area contributed by atoms with Crippen LogP contribution in [0.5, 0.6) is 5.88 Å². The zero-order chi connectivity index (χ0) is 25.7. The molecular weight excluding hydrogens is 467 g/mol. The number of methoxy groups -OCH3 is 1. The van der Waals surface area contributed by atoms with E-state index in [1.807, 2.05) is 31.4 Å². The van der Waals surface area contributed by atoms with E-state index < -0.39 is 0 Å². The SMILES string of the molecule is CNc1nc(CC2C3CCC2CN(c2ccnc(OC)c2)C3)nc2c1C(C)(C)CN2c1ccc(F)cc1. The number of nitrogens with zero attached hydrogens (tertiary/aromatic N) is 5. The number of benzene rings is 1. The van der Waals surface area contributed by atoms with E-state index in [0.717, 1.165) is 54.8 Å². The van der Waals surface area contributed by atoms with E-state index >= 15 is 0 Å². The fourth-order valence-corrected chi connectivity index (χ4v) is 6.77. The van der Waals surface area contributed by atoms with Crippen molar-refractivity contribution in [3.05, 3.63) is 59.8 Å². The Morgan fingerprint density at radius 2 is 1.78 bits per heavy atom.